The Morgan fingerprint density at radius 1 is 1.29 bits per heavy atom. The van der Waals surface area contributed by atoms with Crippen molar-refractivity contribution in [2.24, 2.45) is 0 Å². The van der Waals surface area contributed by atoms with Gasteiger partial charge in [-0.3, -0.25) is 0 Å². The number of rotatable bonds is 3. The van der Waals surface area contributed by atoms with Crippen molar-refractivity contribution in [2.75, 3.05) is 13.7 Å². The van der Waals surface area contributed by atoms with E-state index in [1.807, 2.05) is 26.8 Å². The van der Waals surface area contributed by atoms with Gasteiger partial charge in [0.2, 0.25) is 5.79 Å². The summed E-state index contributed by atoms with van der Waals surface area (Å²) >= 11 is 0. The molecule has 2 aromatic rings. The minimum atomic E-state index is -1.69. The van der Waals surface area contributed by atoms with E-state index in [1.165, 1.54) is 6.33 Å². The molecule has 0 radical (unpaired) electrons. The van der Waals surface area contributed by atoms with E-state index in [4.69, 9.17) is 18.9 Å². The smallest absolute Gasteiger partial charge is 0.240 e. The first-order chi connectivity index (χ1) is 11.4. The van der Waals surface area contributed by atoms with Crippen LogP contribution in [0.1, 0.15) is 25.2 Å². The Balaban J connectivity index is 1.81. The second kappa shape index (κ2) is 5.21. The largest absolute Gasteiger partial charge is 0.382 e. The molecule has 0 aromatic carbocycles. The molecule has 0 saturated carbocycles. The highest BCUT2D eigenvalue weighted by Crippen LogP contribution is 2.47. The molecular formula is C16H21N3O5. The molecule has 1 N–H and O–H groups in total. The summed E-state index contributed by atoms with van der Waals surface area (Å²) in [5, 5.41) is 15.6. The molecule has 2 aliphatic heterocycles. The van der Waals surface area contributed by atoms with Gasteiger partial charge in [-0.15, -0.1) is 0 Å². The molecular weight excluding hydrogens is 314 g/mol. The van der Waals surface area contributed by atoms with E-state index >= 15 is 0 Å². The van der Waals surface area contributed by atoms with E-state index in [1.54, 1.807) is 17.7 Å². The third kappa shape index (κ3) is 2.18. The summed E-state index contributed by atoms with van der Waals surface area (Å²) in [7, 11) is 1.58. The lowest BCUT2D eigenvalue weighted by atomic mass is 10.0. The molecule has 8 nitrogen and oxygen atoms in total. The van der Waals surface area contributed by atoms with Crippen LogP contribution >= 0.6 is 0 Å². The molecule has 0 amide bonds. The molecule has 1 unspecified atom stereocenters. The summed E-state index contributed by atoms with van der Waals surface area (Å²) in [6.45, 7) is 5.81. The molecule has 4 rings (SSSR count). The minimum Gasteiger partial charge on any atom is -0.382 e. The summed E-state index contributed by atoms with van der Waals surface area (Å²) in [6, 6.07) is 3.63. The van der Waals surface area contributed by atoms with E-state index < -0.39 is 29.9 Å². The Morgan fingerprint density at radius 2 is 2.08 bits per heavy atom. The number of aryl methyl sites for hydroxylation is 1. The second-order valence-corrected chi connectivity index (χ2v) is 6.69. The first-order valence-corrected chi connectivity index (χ1v) is 7.90. The summed E-state index contributed by atoms with van der Waals surface area (Å²) in [5.74, 6) is -2.49. The highest BCUT2D eigenvalue weighted by Gasteiger charge is 2.64. The van der Waals surface area contributed by atoms with E-state index in [-0.39, 0.29) is 0 Å². The lowest BCUT2D eigenvalue weighted by Gasteiger charge is -2.29. The van der Waals surface area contributed by atoms with Gasteiger partial charge in [0.05, 0.1) is 17.8 Å². The molecule has 0 aliphatic carbocycles. The fraction of sp³-hybridized carbons (Fsp3) is 0.625. The quantitative estimate of drug-likeness (QED) is 0.885. The van der Waals surface area contributed by atoms with Gasteiger partial charge in [0, 0.05) is 7.11 Å². The van der Waals surface area contributed by atoms with Crippen molar-refractivity contribution in [2.45, 2.75) is 50.7 Å². The number of hydrogen-bond acceptors (Lipinski definition) is 7. The maximum absolute atomic E-state index is 11.4. The van der Waals surface area contributed by atoms with Crippen molar-refractivity contribution in [3.63, 3.8) is 0 Å². The number of hydrogen-bond donors (Lipinski definition) is 1. The summed E-state index contributed by atoms with van der Waals surface area (Å²) in [5.41, 5.74) is 2.10. The Bertz CT molecular complexity index is 776. The Kier molecular flexibility index (Phi) is 3.45. The zero-order valence-electron chi connectivity index (χ0n) is 14.1. The molecule has 2 aromatic heterocycles. The number of fused-ring (bicyclic) bond motifs is 2. The van der Waals surface area contributed by atoms with Crippen molar-refractivity contribution in [1.29, 1.82) is 0 Å². The van der Waals surface area contributed by atoms with Crippen LogP contribution in [0.3, 0.4) is 0 Å². The van der Waals surface area contributed by atoms with Gasteiger partial charge in [-0.1, -0.05) is 0 Å². The van der Waals surface area contributed by atoms with E-state index in [9.17, 15) is 5.11 Å². The number of aromatic nitrogens is 3. The monoisotopic (exact) mass is 335 g/mol. The van der Waals surface area contributed by atoms with E-state index in [2.05, 4.69) is 10.1 Å². The van der Waals surface area contributed by atoms with Gasteiger partial charge in [0.1, 0.15) is 30.3 Å². The zero-order chi connectivity index (χ0) is 17.1. The first kappa shape index (κ1) is 15.9. The van der Waals surface area contributed by atoms with Gasteiger partial charge in [0.15, 0.2) is 5.79 Å². The zero-order valence-corrected chi connectivity index (χ0v) is 14.1. The predicted octanol–water partition coefficient (Wildman–Crippen LogP) is 0.748. The predicted molar refractivity (Wildman–Crippen MR) is 82.2 cm³/mol. The van der Waals surface area contributed by atoms with Gasteiger partial charge in [0.25, 0.3) is 0 Å². The average molecular weight is 335 g/mol. The average Bonchev–Trinajstić information content (AvgIpc) is 3.14. The van der Waals surface area contributed by atoms with Crippen molar-refractivity contribution in [3.8, 4) is 0 Å². The van der Waals surface area contributed by atoms with Gasteiger partial charge < -0.3 is 24.1 Å². The molecule has 2 saturated heterocycles. The topological polar surface area (TPSA) is 87.3 Å². The maximum Gasteiger partial charge on any atom is 0.240 e. The SMILES string of the molecule is COC[C@H]1OC(O)(c2ccc3c(C)ncnn23)[C@@H]2OC(C)(C)O[C@@H]21. The van der Waals surface area contributed by atoms with Crippen LogP contribution < -0.4 is 0 Å². The Morgan fingerprint density at radius 3 is 2.83 bits per heavy atom. The lowest BCUT2D eigenvalue weighted by Crippen LogP contribution is -2.41. The van der Waals surface area contributed by atoms with Crippen molar-refractivity contribution in [1.82, 2.24) is 14.6 Å². The van der Waals surface area contributed by atoms with Crippen molar-refractivity contribution >= 4 is 5.52 Å². The van der Waals surface area contributed by atoms with Crippen LogP contribution in [0.5, 0.6) is 0 Å². The van der Waals surface area contributed by atoms with Crippen LogP contribution in [0.4, 0.5) is 0 Å². The molecule has 2 aliphatic rings. The Labute approximate surface area is 139 Å². The third-order valence-corrected chi connectivity index (χ3v) is 4.55. The summed E-state index contributed by atoms with van der Waals surface area (Å²) in [6.07, 6.45) is -0.107. The molecule has 0 spiro atoms. The van der Waals surface area contributed by atoms with Crippen molar-refractivity contribution < 1.29 is 24.1 Å². The van der Waals surface area contributed by atoms with Crippen LogP contribution in [-0.2, 0) is 24.7 Å². The third-order valence-electron chi connectivity index (χ3n) is 4.55. The van der Waals surface area contributed by atoms with E-state index in [0.717, 1.165) is 11.2 Å². The molecule has 0 bridgehead atoms. The maximum atomic E-state index is 11.4. The highest BCUT2D eigenvalue weighted by molar-refractivity contribution is 5.53. The van der Waals surface area contributed by atoms with Crippen molar-refractivity contribution in [3.05, 3.63) is 29.8 Å². The Hall–Kier alpha value is -1.58. The lowest BCUT2D eigenvalue weighted by molar-refractivity contribution is -0.286. The fourth-order valence-corrected chi connectivity index (χ4v) is 3.56. The number of aliphatic hydroxyl groups is 1. The molecule has 24 heavy (non-hydrogen) atoms. The highest BCUT2D eigenvalue weighted by atomic mass is 16.8. The van der Waals surface area contributed by atoms with Gasteiger partial charge in [-0.2, -0.15) is 5.10 Å². The van der Waals surface area contributed by atoms with Crippen LogP contribution in [0.25, 0.3) is 5.52 Å². The second-order valence-electron chi connectivity index (χ2n) is 6.69. The van der Waals surface area contributed by atoms with Gasteiger partial charge in [-0.05, 0) is 32.9 Å². The molecule has 4 heterocycles. The minimum absolute atomic E-state index is 0.292. The standard InChI is InChI=1S/C16H21N3O5/c1-9-10-5-6-12(19(10)18-8-17-9)16(20)14-13(11(22-16)7-21-4)23-15(2,3)24-14/h5-6,8,11,13-14,20H,7H2,1-4H3/t11-,13-,14-,16?/m1/s1. The summed E-state index contributed by atoms with van der Waals surface area (Å²) in [4.78, 5) is 4.17. The van der Waals surface area contributed by atoms with Crippen LogP contribution in [0, 0.1) is 6.92 Å². The normalized spacial score (nSPS) is 34.8. The van der Waals surface area contributed by atoms with Gasteiger partial charge >= 0.3 is 0 Å². The molecule has 4 atom stereocenters. The summed E-state index contributed by atoms with van der Waals surface area (Å²) < 4.78 is 24.7. The fourth-order valence-electron chi connectivity index (χ4n) is 3.56. The molecule has 130 valence electrons. The van der Waals surface area contributed by atoms with E-state index in [0.29, 0.717) is 12.3 Å². The van der Waals surface area contributed by atoms with Gasteiger partial charge in [-0.25, -0.2) is 9.50 Å². The molecule has 2 fully saturated rings. The first-order valence-electron chi connectivity index (χ1n) is 7.90. The number of ether oxygens (including phenoxy) is 4. The number of nitrogens with zero attached hydrogens (tertiary/aromatic N) is 3. The molecule has 8 heteroatoms. The van der Waals surface area contributed by atoms with Crippen LogP contribution in [0.15, 0.2) is 18.5 Å². The van der Waals surface area contributed by atoms with Crippen LogP contribution in [0.2, 0.25) is 0 Å². The number of methoxy groups -OCH3 is 1. The van der Waals surface area contributed by atoms with Crippen LogP contribution in [-0.4, -0.2) is 57.5 Å².